The molecular weight excluding hydrogens is 394 g/mol. The number of carbonyl (C=O) groups excluding carboxylic acids is 2. The van der Waals surface area contributed by atoms with E-state index in [0.717, 1.165) is 15.6 Å². The van der Waals surface area contributed by atoms with Crippen LogP contribution in [0.2, 0.25) is 0 Å². The van der Waals surface area contributed by atoms with Gasteiger partial charge in [-0.1, -0.05) is 6.07 Å². The number of sulfonamides is 1. The van der Waals surface area contributed by atoms with Gasteiger partial charge in [0.05, 0.1) is 17.1 Å². The van der Waals surface area contributed by atoms with Crippen molar-refractivity contribution < 1.29 is 22.7 Å². The number of hydrogen-bond donors (Lipinski definition) is 1. The second-order valence-electron chi connectivity index (χ2n) is 6.90. The SMILES string of the molecule is CCOC(=O)c1cc(C)n(CC(=O)Nc2cc(S(=O)(=O)N(C)C)ccc2C)c1C. The molecule has 8 nitrogen and oxygen atoms in total. The van der Waals surface area contributed by atoms with Crippen LogP contribution >= 0.6 is 0 Å². The van der Waals surface area contributed by atoms with Gasteiger partial charge in [0.1, 0.15) is 6.54 Å². The number of anilines is 1. The zero-order chi connectivity index (χ0) is 21.9. The number of amides is 1. The highest BCUT2D eigenvalue weighted by Gasteiger charge is 2.20. The first-order valence-electron chi connectivity index (χ1n) is 9.15. The van der Waals surface area contributed by atoms with E-state index in [1.165, 1.54) is 26.2 Å². The van der Waals surface area contributed by atoms with Crippen LogP contribution in [0.3, 0.4) is 0 Å². The van der Waals surface area contributed by atoms with Gasteiger partial charge in [0.25, 0.3) is 0 Å². The second kappa shape index (κ2) is 8.79. The Kier molecular flexibility index (Phi) is 6.86. The minimum absolute atomic E-state index is 0.0127. The summed E-state index contributed by atoms with van der Waals surface area (Å²) in [4.78, 5) is 24.8. The first-order chi connectivity index (χ1) is 13.5. The standard InChI is InChI=1S/C20H27N3O5S/c1-7-28-20(25)17-10-14(3)23(15(17)4)12-19(24)21-18-11-16(9-8-13(18)2)29(26,27)22(5)6/h8-11H,7,12H2,1-6H3,(H,21,24). The highest BCUT2D eigenvalue weighted by Crippen LogP contribution is 2.22. The fourth-order valence-corrected chi connectivity index (χ4v) is 3.83. The Hall–Kier alpha value is -2.65. The third-order valence-corrected chi connectivity index (χ3v) is 6.44. The van der Waals surface area contributed by atoms with Gasteiger partial charge >= 0.3 is 5.97 Å². The van der Waals surface area contributed by atoms with Gasteiger partial charge < -0.3 is 14.6 Å². The summed E-state index contributed by atoms with van der Waals surface area (Å²) < 4.78 is 32.6. The van der Waals surface area contributed by atoms with Crippen molar-refractivity contribution in [2.75, 3.05) is 26.0 Å². The van der Waals surface area contributed by atoms with Gasteiger partial charge in [-0.15, -0.1) is 0 Å². The third kappa shape index (κ3) is 4.86. The predicted molar refractivity (Wildman–Crippen MR) is 111 cm³/mol. The molecule has 1 amide bonds. The molecule has 0 radical (unpaired) electrons. The summed E-state index contributed by atoms with van der Waals surface area (Å²) in [6, 6.07) is 6.29. The van der Waals surface area contributed by atoms with E-state index in [1.807, 2.05) is 0 Å². The van der Waals surface area contributed by atoms with Gasteiger partial charge in [-0.3, -0.25) is 4.79 Å². The Morgan fingerprint density at radius 1 is 1.14 bits per heavy atom. The maximum absolute atomic E-state index is 12.6. The van der Waals surface area contributed by atoms with Crippen LogP contribution in [0.25, 0.3) is 0 Å². The topological polar surface area (TPSA) is 97.7 Å². The first kappa shape index (κ1) is 22.6. The van der Waals surface area contributed by atoms with E-state index in [9.17, 15) is 18.0 Å². The van der Waals surface area contributed by atoms with Crippen LogP contribution in [0, 0.1) is 20.8 Å². The Bertz CT molecular complexity index is 1040. The van der Waals surface area contributed by atoms with Crippen LogP contribution in [0.15, 0.2) is 29.2 Å². The molecule has 158 valence electrons. The number of hydrogen-bond acceptors (Lipinski definition) is 5. The van der Waals surface area contributed by atoms with Crippen LogP contribution in [0.5, 0.6) is 0 Å². The Morgan fingerprint density at radius 2 is 1.79 bits per heavy atom. The van der Waals surface area contributed by atoms with Crippen molar-refractivity contribution in [1.29, 1.82) is 0 Å². The van der Waals surface area contributed by atoms with Crippen LogP contribution < -0.4 is 5.32 Å². The van der Waals surface area contributed by atoms with Crippen molar-refractivity contribution >= 4 is 27.6 Å². The number of esters is 1. The molecule has 0 saturated heterocycles. The Balaban J connectivity index is 2.26. The quantitative estimate of drug-likeness (QED) is 0.693. The zero-order valence-electron chi connectivity index (χ0n) is 17.6. The van der Waals surface area contributed by atoms with Gasteiger partial charge in [-0.25, -0.2) is 17.5 Å². The van der Waals surface area contributed by atoms with Gasteiger partial charge in [-0.2, -0.15) is 0 Å². The normalized spacial score (nSPS) is 11.6. The molecule has 9 heteroatoms. The number of aromatic nitrogens is 1. The van der Waals surface area contributed by atoms with E-state index < -0.39 is 16.0 Å². The molecule has 0 aliphatic carbocycles. The molecule has 1 aromatic heterocycles. The average Bonchev–Trinajstić information content (AvgIpc) is 2.91. The number of carbonyl (C=O) groups is 2. The Labute approximate surface area is 171 Å². The van der Waals surface area contributed by atoms with Crippen LogP contribution in [0.1, 0.15) is 34.2 Å². The number of nitrogens with one attached hydrogen (secondary N) is 1. The van der Waals surface area contributed by atoms with E-state index >= 15 is 0 Å². The van der Waals surface area contributed by atoms with E-state index in [2.05, 4.69) is 5.32 Å². The molecule has 1 aromatic carbocycles. The lowest BCUT2D eigenvalue weighted by molar-refractivity contribution is -0.116. The molecule has 29 heavy (non-hydrogen) atoms. The third-order valence-electron chi connectivity index (χ3n) is 4.63. The van der Waals surface area contributed by atoms with E-state index in [0.29, 0.717) is 16.9 Å². The van der Waals surface area contributed by atoms with Gasteiger partial charge in [0.15, 0.2) is 0 Å². The summed E-state index contributed by atoms with van der Waals surface area (Å²) in [5.74, 6) is -0.755. The summed E-state index contributed by atoms with van der Waals surface area (Å²) in [6.07, 6.45) is 0. The summed E-state index contributed by atoms with van der Waals surface area (Å²) in [5, 5.41) is 2.77. The molecule has 0 atom stereocenters. The highest BCUT2D eigenvalue weighted by molar-refractivity contribution is 7.89. The first-order valence-corrected chi connectivity index (χ1v) is 10.6. The molecule has 0 saturated carbocycles. The minimum atomic E-state index is -3.61. The maximum Gasteiger partial charge on any atom is 0.339 e. The van der Waals surface area contributed by atoms with Gasteiger partial charge in [0.2, 0.25) is 15.9 Å². The maximum atomic E-state index is 12.6. The van der Waals surface area contributed by atoms with Crippen molar-refractivity contribution in [3.8, 4) is 0 Å². The summed E-state index contributed by atoms with van der Waals surface area (Å²) in [6.45, 7) is 7.33. The smallest absolute Gasteiger partial charge is 0.339 e. The zero-order valence-corrected chi connectivity index (χ0v) is 18.4. The number of nitrogens with zero attached hydrogens (tertiary/aromatic N) is 2. The Morgan fingerprint density at radius 3 is 2.38 bits per heavy atom. The molecule has 0 spiro atoms. The number of ether oxygens (including phenoxy) is 1. The number of aryl methyl sites for hydroxylation is 2. The highest BCUT2D eigenvalue weighted by atomic mass is 32.2. The minimum Gasteiger partial charge on any atom is -0.462 e. The molecule has 2 rings (SSSR count). The van der Waals surface area contributed by atoms with Crippen molar-refractivity contribution in [1.82, 2.24) is 8.87 Å². The molecule has 0 bridgehead atoms. The van der Waals surface area contributed by atoms with Crippen molar-refractivity contribution in [3.05, 3.63) is 46.8 Å². The summed E-state index contributed by atoms with van der Waals surface area (Å²) >= 11 is 0. The summed E-state index contributed by atoms with van der Waals surface area (Å²) in [5.41, 5.74) is 2.97. The molecule has 0 fully saturated rings. The lowest BCUT2D eigenvalue weighted by atomic mass is 10.2. The van der Waals surface area contributed by atoms with Crippen LogP contribution in [-0.2, 0) is 26.1 Å². The molecule has 2 aromatic rings. The fourth-order valence-electron chi connectivity index (χ4n) is 2.90. The van der Waals surface area contributed by atoms with E-state index in [1.54, 1.807) is 44.4 Å². The van der Waals surface area contributed by atoms with Gasteiger partial charge in [-0.05, 0) is 51.5 Å². The molecule has 0 aliphatic heterocycles. The predicted octanol–water partition coefficient (Wildman–Crippen LogP) is 2.48. The number of rotatable bonds is 7. The molecular formula is C20H27N3O5S. The average molecular weight is 422 g/mol. The van der Waals surface area contributed by atoms with Crippen molar-refractivity contribution in [2.45, 2.75) is 39.1 Å². The molecule has 0 aliphatic rings. The number of benzene rings is 1. The van der Waals surface area contributed by atoms with E-state index in [4.69, 9.17) is 4.74 Å². The fraction of sp³-hybridized carbons (Fsp3) is 0.400. The van der Waals surface area contributed by atoms with Crippen molar-refractivity contribution in [2.24, 2.45) is 0 Å². The van der Waals surface area contributed by atoms with Crippen LogP contribution in [-0.4, -0.2) is 49.9 Å². The monoisotopic (exact) mass is 421 g/mol. The molecule has 1 N–H and O–H groups in total. The lowest BCUT2D eigenvalue weighted by Gasteiger charge is -2.15. The second-order valence-corrected chi connectivity index (χ2v) is 9.06. The molecule has 1 heterocycles. The van der Waals surface area contributed by atoms with Crippen molar-refractivity contribution in [3.63, 3.8) is 0 Å². The van der Waals surface area contributed by atoms with Gasteiger partial charge in [0, 0.05) is 31.2 Å². The van der Waals surface area contributed by atoms with Crippen LogP contribution in [0.4, 0.5) is 5.69 Å². The van der Waals surface area contributed by atoms with E-state index in [-0.39, 0.29) is 24.0 Å². The lowest BCUT2D eigenvalue weighted by Crippen LogP contribution is -2.23. The molecule has 0 unspecified atom stereocenters. The summed E-state index contributed by atoms with van der Waals surface area (Å²) in [7, 11) is -0.709. The largest absolute Gasteiger partial charge is 0.462 e.